The van der Waals surface area contributed by atoms with Gasteiger partial charge in [0.2, 0.25) is 5.95 Å². The zero-order valence-electron chi connectivity index (χ0n) is 9.83. The van der Waals surface area contributed by atoms with E-state index in [1.54, 1.807) is 6.92 Å². The third kappa shape index (κ3) is 1.86. The summed E-state index contributed by atoms with van der Waals surface area (Å²) in [5, 5.41) is 1.08. The number of benzene rings is 1. The van der Waals surface area contributed by atoms with Crippen molar-refractivity contribution in [1.82, 2.24) is 19.9 Å². The highest BCUT2D eigenvalue weighted by Gasteiger charge is 2.06. The van der Waals surface area contributed by atoms with Crippen molar-refractivity contribution in [3.8, 4) is 11.5 Å². The first-order valence-corrected chi connectivity index (χ1v) is 5.57. The van der Waals surface area contributed by atoms with Crippen molar-refractivity contribution in [3.05, 3.63) is 42.2 Å². The Kier molecular flexibility index (Phi) is 2.37. The van der Waals surface area contributed by atoms with Crippen molar-refractivity contribution in [2.75, 3.05) is 5.73 Å². The lowest BCUT2D eigenvalue weighted by atomic mass is 10.2. The normalized spacial score (nSPS) is 10.7. The average molecular weight is 237 g/mol. The minimum absolute atomic E-state index is 0.215. The van der Waals surface area contributed by atoms with Gasteiger partial charge in [0.1, 0.15) is 11.5 Å². The predicted octanol–water partition coefficient (Wildman–Crippen LogP) is 1.98. The summed E-state index contributed by atoms with van der Waals surface area (Å²) >= 11 is 0. The van der Waals surface area contributed by atoms with Gasteiger partial charge in [-0.05, 0) is 19.1 Å². The highest BCUT2D eigenvalue weighted by Crippen LogP contribution is 2.18. The van der Waals surface area contributed by atoms with E-state index >= 15 is 0 Å². The van der Waals surface area contributed by atoms with Crippen LogP contribution in [0.1, 0.15) is 5.82 Å². The standard InChI is InChI=1S/C13H11N5/c1-8-15-12(18-13(14)16-8)11-7-6-9-4-2-3-5-10(9)17-11/h2-7H,1H3,(H2,14,15,16,18). The highest BCUT2D eigenvalue weighted by molar-refractivity contribution is 5.80. The fourth-order valence-corrected chi connectivity index (χ4v) is 1.81. The number of nitrogens with zero attached hydrogens (tertiary/aromatic N) is 4. The predicted molar refractivity (Wildman–Crippen MR) is 69.7 cm³/mol. The second kappa shape index (κ2) is 4.03. The van der Waals surface area contributed by atoms with Crippen LogP contribution in [-0.2, 0) is 0 Å². The Labute approximate surface area is 104 Å². The van der Waals surface area contributed by atoms with E-state index in [4.69, 9.17) is 5.73 Å². The second-order valence-electron chi connectivity index (χ2n) is 3.95. The molecule has 2 N–H and O–H groups in total. The van der Waals surface area contributed by atoms with Crippen LogP contribution >= 0.6 is 0 Å². The van der Waals surface area contributed by atoms with E-state index in [2.05, 4.69) is 19.9 Å². The number of aryl methyl sites for hydroxylation is 1. The lowest BCUT2D eigenvalue weighted by Crippen LogP contribution is -2.02. The molecule has 5 heteroatoms. The van der Waals surface area contributed by atoms with Crippen LogP contribution in [0.25, 0.3) is 22.4 Å². The fourth-order valence-electron chi connectivity index (χ4n) is 1.81. The van der Waals surface area contributed by atoms with Crippen molar-refractivity contribution < 1.29 is 0 Å². The Morgan fingerprint density at radius 3 is 2.56 bits per heavy atom. The number of hydrogen-bond acceptors (Lipinski definition) is 5. The Morgan fingerprint density at radius 2 is 1.72 bits per heavy atom. The van der Waals surface area contributed by atoms with Crippen LogP contribution in [0.5, 0.6) is 0 Å². The third-order valence-corrected chi connectivity index (χ3v) is 2.59. The lowest BCUT2D eigenvalue weighted by Gasteiger charge is -2.03. The Morgan fingerprint density at radius 1 is 0.889 bits per heavy atom. The summed E-state index contributed by atoms with van der Waals surface area (Å²) in [6.45, 7) is 1.78. The number of hydrogen-bond donors (Lipinski definition) is 1. The SMILES string of the molecule is Cc1nc(N)nc(-c2ccc3ccccc3n2)n1. The molecule has 0 aliphatic heterocycles. The van der Waals surface area contributed by atoms with E-state index in [0.717, 1.165) is 10.9 Å². The van der Waals surface area contributed by atoms with Crippen molar-refractivity contribution in [2.45, 2.75) is 6.92 Å². The first-order chi connectivity index (χ1) is 8.72. The Balaban J connectivity index is 2.19. The quantitative estimate of drug-likeness (QED) is 0.700. The minimum Gasteiger partial charge on any atom is -0.368 e. The van der Waals surface area contributed by atoms with Gasteiger partial charge in [-0.2, -0.15) is 9.97 Å². The van der Waals surface area contributed by atoms with E-state index in [9.17, 15) is 0 Å². The Bertz CT molecular complexity index is 703. The van der Waals surface area contributed by atoms with Crippen molar-refractivity contribution in [2.24, 2.45) is 0 Å². The number of anilines is 1. The van der Waals surface area contributed by atoms with Gasteiger partial charge < -0.3 is 5.73 Å². The number of aromatic nitrogens is 4. The molecule has 3 aromatic rings. The number of nitrogen functional groups attached to an aromatic ring is 1. The molecular formula is C13H11N5. The number of para-hydroxylation sites is 1. The number of pyridine rings is 1. The third-order valence-electron chi connectivity index (χ3n) is 2.59. The molecule has 0 radical (unpaired) electrons. The van der Waals surface area contributed by atoms with Crippen LogP contribution in [0.3, 0.4) is 0 Å². The van der Waals surface area contributed by atoms with E-state index in [0.29, 0.717) is 17.3 Å². The highest BCUT2D eigenvalue weighted by atomic mass is 15.1. The average Bonchev–Trinajstić information content (AvgIpc) is 2.37. The molecular weight excluding hydrogens is 226 g/mol. The van der Waals surface area contributed by atoms with Crippen LogP contribution in [0, 0.1) is 6.92 Å². The molecule has 1 aromatic carbocycles. The smallest absolute Gasteiger partial charge is 0.223 e. The molecule has 5 nitrogen and oxygen atoms in total. The maximum absolute atomic E-state index is 5.62. The summed E-state index contributed by atoms with van der Waals surface area (Å²) in [7, 11) is 0. The summed E-state index contributed by atoms with van der Waals surface area (Å²) in [6.07, 6.45) is 0. The summed E-state index contributed by atoms with van der Waals surface area (Å²) in [4.78, 5) is 16.8. The molecule has 0 unspecified atom stereocenters. The molecule has 2 aromatic heterocycles. The molecule has 0 fully saturated rings. The summed E-state index contributed by atoms with van der Waals surface area (Å²) in [5.74, 6) is 1.31. The van der Waals surface area contributed by atoms with Gasteiger partial charge in [0, 0.05) is 5.39 Å². The molecule has 0 saturated heterocycles. The minimum atomic E-state index is 0.215. The van der Waals surface area contributed by atoms with Gasteiger partial charge in [-0.1, -0.05) is 24.3 Å². The van der Waals surface area contributed by atoms with E-state index in [1.807, 2.05) is 36.4 Å². The first kappa shape index (κ1) is 10.6. The largest absolute Gasteiger partial charge is 0.368 e. The number of nitrogens with two attached hydrogens (primary N) is 1. The van der Waals surface area contributed by atoms with Crippen molar-refractivity contribution >= 4 is 16.9 Å². The molecule has 0 aliphatic rings. The maximum Gasteiger partial charge on any atom is 0.223 e. The molecule has 0 spiro atoms. The zero-order valence-corrected chi connectivity index (χ0v) is 9.83. The number of fused-ring (bicyclic) bond motifs is 1. The van der Waals surface area contributed by atoms with E-state index in [-0.39, 0.29) is 5.95 Å². The van der Waals surface area contributed by atoms with Gasteiger partial charge in [-0.3, -0.25) is 0 Å². The molecule has 88 valence electrons. The molecule has 0 aliphatic carbocycles. The van der Waals surface area contributed by atoms with Gasteiger partial charge in [-0.15, -0.1) is 0 Å². The van der Waals surface area contributed by atoms with Crippen molar-refractivity contribution in [1.29, 1.82) is 0 Å². The molecule has 0 saturated carbocycles. The van der Waals surface area contributed by atoms with Crippen LogP contribution in [0.15, 0.2) is 36.4 Å². The van der Waals surface area contributed by atoms with Gasteiger partial charge in [0.05, 0.1) is 5.52 Å². The summed E-state index contributed by atoms with van der Waals surface area (Å²) in [5.41, 5.74) is 7.23. The topological polar surface area (TPSA) is 77.6 Å². The van der Waals surface area contributed by atoms with Crippen LogP contribution < -0.4 is 5.73 Å². The maximum atomic E-state index is 5.62. The Hall–Kier alpha value is -2.56. The van der Waals surface area contributed by atoms with Crippen LogP contribution in [0.2, 0.25) is 0 Å². The van der Waals surface area contributed by atoms with Crippen molar-refractivity contribution in [3.63, 3.8) is 0 Å². The summed E-state index contributed by atoms with van der Waals surface area (Å²) < 4.78 is 0. The van der Waals surface area contributed by atoms with E-state index in [1.165, 1.54) is 0 Å². The number of rotatable bonds is 1. The molecule has 0 amide bonds. The second-order valence-corrected chi connectivity index (χ2v) is 3.95. The molecule has 18 heavy (non-hydrogen) atoms. The molecule has 0 atom stereocenters. The molecule has 0 bridgehead atoms. The van der Waals surface area contributed by atoms with Gasteiger partial charge in [-0.25, -0.2) is 9.97 Å². The monoisotopic (exact) mass is 237 g/mol. The van der Waals surface area contributed by atoms with Gasteiger partial charge in [0.15, 0.2) is 5.82 Å². The van der Waals surface area contributed by atoms with E-state index < -0.39 is 0 Å². The molecule has 2 heterocycles. The van der Waals surface area contributed by atoms with Gasteiger partial charge >= 0.3 is 0 Å². The zero-order chi connectivity index (χ0) is 12.5. The lowest BCUT2D eigenvalue weighted by molar-refractivity contribution is 0.990. The van der Waals surface area contributed by atoms with Crippen LogP contribution in [0.4, 0.5) is 5.95 Å². The summed E-state index contributed by atoms with van der Waals surface area (Å²) in [6, 6.07) is 11.8. The molecule has 3 rings (SSSR count). The first-order valence-electron chi connectivity index (χ1n) is 5.57. The van der Waals surface area contributed by atoms with Crippen LogP contribution in [-0.4, -0.2) is 19.9 Å². The van der Waals surface area contributed by atoms with Gasteiger partial charge in [0.25, 0.3) is 0 Å². The fraction of sp³-hybridized carbons (Fsp3) is 0.0769.